The van der Waals surface area contributed by atoms with E-state index in [1.54, 1.807) is 12.1 Å². The second kappa shape index (κ2) is 4.35. The molecule has 0 bridgehead atoms. The summed E-state index contributed by atoms with van der Waals surface area (Å²) >= 11 is 0. The molecule has 0 spiro atoms. The van der Waals surface area contributed by atoms with Gasteiger partial charge in [-0.15, -0.1) is 0 Å². The van der Waals surface area contributed by atoms with Crippen molar-refractivity contribution in [2.75, 3.05) is 0 Å². The average molecular weight is 347 g/mol. The van der Waals surface area contributed by atoms with Gasteiger partial charge in [-0.2, -0.15) is 0 Å². The van der Waals surface area contributed by atoms with E-state index in [4.69, 9.17) is 0 Å². The van der Waals surface area contributed by atoms with E-state index in [1.165, 1.54) is 48.5 Å². The molecular formula is C15H10F5NOS. The van der Waals surface area contributed by atoms with Gasteiger partial charge in [0, 0.05) is 11.1 Å². The highest BCUT2D eigenvalue weighted by Crippen LogP contribution is 3.03. The Hall–Kier alpha value is -2.35. The first-order valence-electron chi connectivity index (χ1n) is 6.41. The lowest BCUT2D eigenvalue weighted by Gasteiger charge is -2.40. The lowest BCUT2D eigenvalue weighted by Crippen LogP contribution is -2.08. The van der Waals surface area contributed by atoms with Gasteiger partial charge in [-0.25, -0.2) is 0 Å². The summed E-state index contributed by atoms with van der Waals surface area (Å²) in [6.45, 7) is 0. The topological polar surface area (TPSA) is 26.0 Å². The molecule has 0 radical (unpaired) electrons. The normalized spacial score (nSPS) is 15.0. The Morgan fingerprint density at radius 2 is 1.17 bits per heavy atom. The fraction of sp³-hybridized carbons (Fsp3) is 0. The van der Waals surface area contributed by atoms with Crippen molar-refractivity contribution in [2.45, 2.75) is 4.90 Å². The van der Waals surface area contributed by atoms with Gasteiger partial charge in [-0.3, -0.25) is 0 Å². The molecule has 3 aromatic rings. The van der Waals surface area contributed by atoms with Crippen molar-refractivity contribution < 1.29 is 24.0 Å². The smallest absolute Gasteiger partial charge is 0.316 e. The first-order chi connectivity index (χ1) is 10.6. The highest BCUT2D eigenvalue weighted by atomic mass is 32.5. The number of hydrogen-bond donors (Lipinski definition) is 0. The summed E-state index contributed by atoms with van der Waals surface area (Å²) in [6.07, 6.45) is 0. The fourth-order valence-electron chi connectivity index (χ4n) is 2.19. The van der Waals surface area contributed by atoms with Gasteiger partial charge in [-0.05, 0) is 0 Å². The van der Waals surface area contributed by atoms with Crippen LogP contribution in [0.1, 0.15) is 0 Å². The van der Waals surface area contributed by atoms with Crippen LogP contribution in [0.3, 0.4) is 0 Å². The molecule has 0 aliphatic rings. The number of hydrogen-bond acceptors (Lipinski definition) is 2. The third-order valence-corrected chi connectivity index (χ3v) is 4.27. The molecule has 0 unspecified atom stereocenters. The van der Waals surface area contributed by atoms with Crippen LogP contribution in [0.4, 0.5) is 19.4 Å². The summed E-state index contributed by atoms with van der Waals surface area (Å²) in [7, 11) is -10.0. The SMILES string of the molecule is FS(F)(F)(F)(F)c1c(-c2ccccc2)noc1-c1ccccc1. The van der Waals surface area contributed by atoms with E-state index < -0.39 is 26.6 Å². The first-order valence-corrected chi connectivity index (χ1v) is 8.36. The minimum atomic E-state index is -10.0. The number of aromatic nitrogens is 1. The maximum atomic E-state index is 13.6. The molecule has 122 valence electrons. The molecule has 2 aromatic carbocycles. The summed E-state index contributed by atoms with van der Waals surface area (Å²) in [5.74, 6) is -0.983. The van der Waals surface area contributed by atoms with Crippen LogP contribution in [-0.2, 0) is 0 Å². The molecule has 1 aromatic heterocycles. The number of halogens is 5. The third kappa shape index (κ3) is 3.07. The van der Waals surface area contributed by atoms with Crippen LogP contribution in [0.2, 0.25) is 0 Å². The predicted octanol–water partition coefficient (Wildman–Crippen LogP) is 6.67. The maximum absolute atomic E-state index is 13.6. The quantitative estimate of drug-likeness (QED) is 0.495. The van der Waals surface area contributed by atoms with E-state index in [9.17, 15) is 19.4 Å². The zero-order valence-corrected chi connectivity index (χ0v) is 12.2. The molecule has 8 heteroatoms. The molecule has 0 saturated heterocycles. The van der Waals surface area contributed by atoms with Crippen molar-refractivity contribution >= 4 is 10.2 Å². The van der Waals surface area contributed by atoms with E-state index in [2.05, 4.69) is 9.68 Å². The average Bonchev–Trinajstić information content (AvgIpc) is 2.94. The van der Waals surface area contributed by atoms with Gasteiger partial charge in [0.25, 0.3) is 0 Å². The van der Waals surface area contributed by atoms with Crippen LogP contribution in [0.15, 0.2) is 70.1 Å². The summed E-state index contributed by atoms with van der Waals surface area (Å²) < 4.78 is 72.5. The lowest BCUT2D eigenvalue weighted by molar-refractivity contribution is 0.362. The van der Waals surface area contributed by atoms with Crippen LogP contribution in [0, 0.1) is 0 Å². The van der Waals surface area contributed by atoms with Crippen molar-refractivity contribution in [3.8, 4) is 22.6 Å². The number of rotatable bonds is 3. The van der Waals surface area contributed by atoms with Crippen molar-refractivity contribution in [2.24, 2.45) is 0 Å². The van der Waals surface area contributed by atoms with Crippen LogP contribution >= 0.6 is 10.2 Å². The summed E-state index contributed by atoms with van der Waals surface area (Å²) in [6, 6.07) is 13.9. The van der Waals surface area contributed by atoms with Crippen molar-refractivity contribution in [1.29, 1.82) is 0 Å². The van der Waals surface area contributed by atoms with Gasteiger partial charge >= 0.3 is 10.2 Å². The summed E-state index contributed by atoms with van der Waals surface area (Å²) in [5.41, 5.74) is -1.13. The Morgan fingerprint density at radius 1 is 0.696 bits per heavy atom. The minimum Gasteiger partial charge on any atom is -0.354 e. The monoisotopic (exact) mass is 347 g/mol. The van der Waals surface area contributed by atoms with Gasteiger partial charge in [0.2, 0.25) is 0 Å². The Labute approximate surface area is 128 Å². The molecule has 0 saturated carbocycles. The zero-order valence-electron chi connectivity index (χ0n) is 11.4. The molecule has 23 heavy (non-hydrogen) atoms. The van der Waals surface area contributed by atoms with Crippen molar-refractivity contribution in [3.05, 3.63) is 60.7 Å². The van der Waals surface area contributed by atoms with E-state index in [1.807, 2.05) is 0 Å². The molecule has 2 nitrogen and oxygen atoms in total. The van der Waals surface area contributed by atoms with Crippen LogP contribution in [-0.4, -0.2) is 5.16 Å². The molecule has 0 N–H and O–H groups in total. The predicted molar refractivity (Wildman–Crippen MR) is 78.8 cm³/mol. The molecule has 0 fully saturated rings. The second-order valence-corrected chi connectivity index (χ2v) is 7.24. The molecule has 0 amide bonds. The molecule has 0 aliphatic heterocycles. The standard InChI is InChI=1S/C15H10F5NOS/c16-23(17,18,19,20)15-13(11-7-3-1-4-8-11)21-22-14(15)12-9-5-2-6-10-12/h1-10H. The highest BCUT2D eigenvalue weighted by molar-refractivity contribution is 8.46. The van der Waals surface area contributed by atoms with Crippen LogP contribution in [0.5, 0.6) is 0 Å². The Morgan fingerprint density at radius 3 is 1.65 bits per heavy atom. The van der Waals surface area contributed by atoms with E-state index in [-0.39, 0.29) is 11.1 Å². The molecule has 3 rings (SSSR count). The van der Waals surface area contributed by atoms with E-state index in [0.717, 1.165) is 0 Å². The third-order valence-electron chi connectivity index (χ3n) is 3.12. The van der Waals surface area contributed by atoms with Gasteiger partial charge in [-0.1, -0.05) is 85.2 Å². The zero-order chi connectivity index (χ0) is 16.8. The molecule has 0 aliphatic carbocycles. The van der Waals surface area contributed by atoms with Crippen LogP contribution in [0.25, 0.3) is 22.6 Å². The van der Waals surface area contributed by atoms with Gasteiger partial charge < -0.3 is 4.52 Å². The summed E-state index contributed by atoms with van der Waals surface area (Å²) in [4.78, 5) is -2.09. The lowest BCUT2D eigenvalue weighted by atomic mass is 10.1. The first kappa shape index (κ1) is 15.5. The van der Waals surface area contributed by atoms with Crippen molar-refractivity contribution in [1.82, 2.24) is 5.16 Å². The largest absolute Gasteiger partial charge is 0.354 e. The summed E-state index contributed by atoms with van der Waals surface area (Å²) in [5, 5.41) is 3.27. The van der Waals surface area contributed by atoms with Crippen LogP contribution < -0.4 is 0 Å². The Balaban J connectivity index is 2.36. The fourth-order valence-corrected chi connectivity index (χ4v) is 3.22. The van der Waals surface area contributed by atoms with Gasteiger partial charge in [0.05, 0.1) is 0 Å². The number of benzene rings is 2. The second-order valence-electron chi connectivity index (χ2n) is 4.89. The minimum absolute atomic E-state index is 0.0957. The highest BCUT2D eigenvalue weighted by Gasteiger charge is 2.69. The Kier molecular flexibility index (Phi) is 2.94. The van der Waals surface area contributed by atoms with E-state index in [0.29, 0.717) is 0 Å². The molecular weight excluding hydrogens is 337 g/mol. The maximum Gasteiger partial charge on any atom is 0.316 e. The van der Waals surface area contributed by atoms with Crippen molar-refractivity contribution in [3.63, 3.8) is 0 Å². The Bertz CT molecular complexity index is 788. The molecule has 1 heterocycles. The van der Waals surface area contributed by atoms with Gasteiger partial charge in [0.15, 0.2) is 10.7 Å². The molecule has 0 atom stereocenters. The number of nitrogens with zero attached hydrogens (tertiary/aromatic N) is 1. The van der Waals surface area contributed by atoms with Gasteiger partial charge in [0.1, 0.15) is 5.69 Å². The van der Waals surface area contributed by atoms with E-state index >= 15 is 0 Å².